The van der Waals surface area contributed by atoms with Crippen molar-refractivity contribution in [2.75, 3.05) is 13.2 Å². The normalized spacial score (nSPS) is 25.1. The fourth-order valence-electron chi connectivity index (χ4n) is 3.43. The molecule has 2 aliphatic rings. The van der Waals surface area contributed by atoms with Crippen molar-refractivity contribution in [2.45, 2.75) is 70.9 Å². The number of hydrogen-bond acceptors (Lipinski definition) is 3. The summed E-state index contributed by atoms with van der Waals surface area (Å²) in [5.74, 6) is -0.0642. The van der Waals surface area contributed by atoms with E-state index in [0.717, 1.165) is 38.5 Å². The molecule has 2 rings (SSSR count). The first-order chi connectivity index (χ1) is 9.79. The van der Waals surface area contributed by atoms with Gasteiger partial charge in [0.1, 0.15) is 6.04 Å². The van der Waals surface area contributed by atoms with Crippen molar-refractivity contribution in [2.24, 2.45) is 5.41 Å². The number of aliphatic hydroxyl groups is 1. The molecular weight excluding hydrogens is 268 g/mol. The summed E-state index contributed by atoms with van der Waals surface area (Å²) in [6.45, 7) is 6.29. The molecule has 2 fully saturated rings. The number of nitrogens with one attached hydrogen (secondary N) is 1. The zero-order valence-electron chi connectivity index (χ0n) is 13.4. The van der Waals surface area contributed by atoms with Crippen LogP contribution in [-0.2, 0) is 9.59 Å². The second-order valence-corrected chi connectivity index (χ2v) is 7.54. The molecule has 1 atom stereocenters. The Kier molecular flexibility index (Phi) is 4.61. The molecule has 0 bridgehead atoms. The summed E-state index contributed by atoms with van der Waals surface area (Å²) in [5.41, 5.74) is -0.930. The molecule has 5 heteroatoms. The van der Waals surface area contributed by atoms with Crippen LogP contribution in [0.3, 0.4) is 0 Å². The van der Waals surface area contributed by atoms with E-state index >= 15 is 0 Å². The van der Waals surface area contributed by atoms with Gasteiger partial charge in [-0.25, -0.2) is 0 Å². The van der Waals surface area contributed by atoms with E-state index in [1.807, 2.05) is 20.8 Å². The summed E-state index contributed by atoms with van der Waals surface area (Å²) < 4.78 is 0. The maximum Gasteiger partial charge on any atom is 0.243 e. The van der Waals surface area contributed by atoms with Crippen molar-refractivity contribution < 1.29 is 14.7 Å². The quantitative estimate of drug-likeness (QED) is 0.828. The third-order valence-corrected chi connectivity index (χ3v) is 4.71. The molecule has 1 aliphatic carbocycles. The number of nitrogens with zero attached hydrogens (tertiary/aromatic N) is 1. The molecule has 21 heavy (non-hydrogen) atoms. The molecule has 2 N–H and O–H groups in total. The molecule has 1 unspecified atom stereocenters. The molecule has 1 saturated carbocycles. The lowest BCUT2D eigenvalue weighted by Crippen LogP contribution is -2.56. The third-order valence-electron chi connectivity index (χ3n) is 4.71. The zero-order chi connectivity index (χ0) is 15.7. The number of hydrogen-bond donors (Lipinski definition) is 2. The fraction of sp³-hybridized carbons (Fsp3) is 0.875. The van der Waals surface area contributed by atoms with Crippen LogP contribution in [0.15, 0.2) is 0 Å². The van der Waals surface area contributed by atoms with E-state index in [-0.39, 0.29) is 24.5 Å². The number of amides is 2. The second kappa shape index (κ2) is 5.95. The van der Waals surface area contributed by atoms with E-state index in [0.29, 0.717) is 6.54 Å². The van der Waals surface area contributed by atoms with Crippen molar-refractivity contribution in [3.63, 3.8) is 0 Å². The van der Waals surface area contributed by atoms with E-state index in [1.54, 1.807) is 4.90 Å². The molecule has 1 heterocycles. The minimum absolute atomic E-state index is 0.0152. The van der Waals surface area contributed by atoms with Crippen LogP contribution < -0.4 is 5.32 Å². The molecule has 0 spiro atoms. The minimum atomic E-state index is -0.467. The van der Waals surface area contributed by atoms with Gasteiger partial charge in [0, 0.05) is 12.0 Å². The van der Waals surface area contributed by atoms with Gasteiger partial charge in [0.2, 0.25) is 11.8 Å². The molecule has 2 amide bonds. The summed E-state index contributed by atoms with van der Waals surface area (Å²) in [6, 6.07) is -0.374. The molecule has 0 radical (unpaired) electrons. The first-order valence-electron chi connectivity index (χ1n) is 8.03. The lowest BCUT2D eigenvalue weighted by molar-refractivity contribution is -0.145. The lowest BCUT2D eigenvalue weighted by Gasteiger charge is -2.34. The first kappa shape index (κ1) is 16.3. The van der Waals surface area contributed by atoms with Gasteiger partial charge in [-0.1, -0.05) is 33.6 Å². The summed E-state index contributed by atoms with van der Waals surface area (Å²) in [6.07, 6.45) is 5.32. The van der Waals surface area contributed by atoms with Crippen LogP contribution in [0.25, 0.3) is 0 Å². The Balaban J connectivity index is 2.06. The fourth-order valence-corrected chi connectivity index (χ4v) is 3.43. The van der Waals surface area contributed by atoms with Crippen LogP contribution in [0.2, 0.25) is 0 Å². The lowest BCUT2D eigenvalue weighted by atomic mass is 9.94. The van der Waals surface area contributed by atoms with Gasteiger partial charge in [-0.3, -0.25) is 9.59 Å². The van der Waals surface area contributed by atoms with Crippen LogP contribution in [-0.4, -0.2) is 46.6 Å². The van der Waals surface area contributed by atoms with Gasteiger partial charge in [0.05, 0.1) is 12.1 Å². The van der Waals surface area contributed by atoms with Crippen LogP contribution >= 0.6 is 0 Å². The highest BCUT2D eigenvalue weighted by atomic mass is 16.3. The Bertz CT molecular complexity index is 408. The van der Waals surface area contributed by atoms with Crippen molar-refractivity contribution in [1.29, 1.82) is 0 Å². The predicted octanol–water partition coefficient (Wildman–Crippen LogP) is 1.44. The van der Waals surface area contributed by atoms with E-state index in [9.17, 15) is 14.7 Å². The van der Waals surface area contributed by atoms with Gasteiger partial charge < -0.3 is 15.3 Å². The van der Waals surface area contributed by atoms with Gasteiger partial charge in [-0.15, -0.1) is 0 Å². The van der Waals surface area contributed by atoms with Crippen LogP contribution in [0.4, 0.5) is 0 Å². The first-order valence-corrected chi connectivity index (χ1v) is 8.03. The largest absolute Gasteiger partial charge is 0.394 e. The SMILES string of the molecule is CC(C)(C)C(=O)N1CCCC1C(=O)NC1(CO)CCCC1. The number of carbonyl (C=O) groups is 2. The average molecular weight is 296 g/mol. The topological polar surface area (TPSA) is 69.6 Å². The minimum Gasteiger partial charge on any atom is -0.394 e. The summed E-state index contributed by atoms with van der Waals surface area (Å²) in [4.78, 5) is 26.8. The van der Waals surface area contributed by atoms with Crippen molar-refractivity contribution in [3.8, 4) is 0 Å². The molecule has 5 nitrogen and oxygen atoms in total. The molecule has 120 valence electrons. The zero-order valence-corrected chi connectivity index (χ0v) is 13.4. The average Bonchev–Trinajstić information content (AvgIpc) is 3.05. The van der Waals surface area contributed by atoms with Crippen molar-refractivity contribution in [3.05, 3.63) is 0 Å². The number of rotatable bonds is 3. The Morgan fingerprint density at radius 3 is 2.38 bits per heavy atom. The van der Waals surface area contributed by atoms with Crippen LogP contribution in [0.5, 0.6) is 0 Å². The second-order valence-electron chi connectivity index (χ2n) is 7.54. The molecule has 1 aliphatic heterocycles. The van der Waals surface area contributed by atoms with E-state index < -0.39 is 11.0 Å². The highest BCUT2D eigenvalue weighted by Crippen LogP contribution is 2.31. The van der Waals surface area contributed by atoms with Gasteiger partial charge in [0.25, 0.3) is 0 Å². The van der Waals surface area contributed by atoms with Gasteiger partial charge >= 0.3 is 0 Å². The Morgan fingerprint density at radius 1 is 1.24 bits per heavy atom. The molecular formula is C16H28N2O3. The van der Waals surface area contributed by atoms with Crippen molar-refractivity contribution >= 4 is 11.8 Å². The highest BCUT2D eigenvalue weighted by Gasteiger charge is 2.42. The highest BCUT2D eigenvalue weighted by molar-refractivity contribution is 5.90. The van der Waals surface area contributed by atoms with Crippen LogP contribution in [0, 0.1) is 5.41 Å². The molecule has 0 aromatic heterocycles. The Morgan fingerprint density at radius 2 is 1.86 bits per heavy atom. The summed E-state index contributed by atoms with van der Waals surface area (Å²) >= 11 is 0. The van der Waals surface area contributed by atoms with Crippen molar-refractivity contribution in [1.82, 2.24) is 10.2 Å². The standard InChI is InChI=1S/C16H28N2O3/c1-15(2,3)14(21)18-10-6-7-12(18)13(20)17-16(11-19)8-4-5-9-16/h12,19H,4-11H2,1-3H3,(H,17,20). The number of likely N-dealkylation sites (tertiary alicyclic amines) is 1. The number of aliphatic hydroxyl groups excluding tert-OH is 1. The van der Waals surface area contributed by atoms with Crippen LogP contribution in [0.1, 0.15) is 59.3 Å². The van der Waals surface area contributed by atoms with Gasteiger partial charge in [0.15, 0.2) is 0 Å². The predicted molar refractivity (Wildman–Crippen MR) is 80.6 cm³/mol. The summed E-state index contributed by atoms with van der Waals surface area (Å²) in [5, 5.41) is 12.7. The van der Waals surface area contributed by atoms with E-state index in [1.165, 1.54) is 0 Å². The molecule has 0 aromatic carbocycles. The number of carbonyl (C=O) groups excluding carboxylic acids is 2. The van der Waals surface area contributed by atoms with E-state index in [4.69, 9.17) is 0 Å². The molecule has 1 saturated heterocycles. The van der Waals surface area contributed by atoms with E-state index in [2.05, 4.69) is 5.32 Å². The molecule has 0 aromatic rings. The Labute approximate surface area is 127 Å². The maximum absolute atomic E-state index is 12.6. The van der Waals surface area contributed by atoms with Gasteiger partial charge in [-0.2, -0.15) is 0 Å². The summed E-state index contributed by atoms with van der Waals surface area (Å²) in [7, 11) is 0. The monoisotopic (exact) mass is 296 g/mol. The smallest absolute Gasteiger partial charge is 0.243 e. The third kappa shape index (κ3) is 3.39. The maximum atomic E-state index is 12.6. The Hall–Kier alpha value is -1.10. The van der Waals surface area contributed by atoms with Gasteiger partial charge in [-0.05, 0) is 25.7 Å².